The van der Waals surface area contributed by atoms with E-state index in [9.17, 15) is 0 Å². The molecule has 1 aromatic carbocycles. The molecule has 0 bridgehead atoms. The molecule has 2 nitrogen and oxygen atoms in total. The lowest BCUT2D eigenvalue weighted by Gasteiger charge is -2.20. The van der Waals surface area contributed by atoms with E-state index in [0.717, 1.165) is 18.8 Å². The summed E-state index contributed by atoms with van der Waals surface area (Å²) >= 11 is 3.66. The van der Waals surface area contributed by atoms with Crippen LogP contribution < -0.4 is 5.32 Å². The maximum atomic E-state index is 4.89. The molecule has 1 unspecified atom stereocenters. The molecule has 0 aliphatic carbocycles. The fourth-order valence-electron chi connectivity index (χ4n) is 2.76. The summed E-state index contributed by atoms with van der Waals surface area (Å²) in [7, 11) is 0. The first-order chi connectivity index (χ1) is 9.90. The second-order valence-electron chi connectivity index (χ2n) is 5.26. The molecule has 0 amide bonds. The van der Waals surface area contributed by atoms with Gasteiger partial charge in [0.2, 0.25) is 0 Å². The van der Waals surface area contributed by atoms with E-state index in [4.69, 9.17) is 4.98 Å². The highest BCUT2D eigenvalue weighted by atomic mass is 32.1. The third-order valence-electron chi connectivity index (χ3n) is 3.85. The molecule has 20 heavy (non-hydrogen) atoms. The quantitative estimate of drug-likeness (QED) is 0.754. The number of thiazole rings is 1. The zero-order chi connectivity index (χ0) is 13.4. The SMILES string of the molecule is c1ccc2sc(-c3csc(C4CCCNC4)n3)cc2c1. The predicted octanol–water partition coefficient (Wildman–Crippen LogP) is 4.49. The minimum atomic E-state index is 0.608. The fourth-order valence-corrected chi connectivity index (χ4v) is 4.81. The van der Waals surface area contributed by atoms with Crippen LogP contribution in [-0.4, -0.2) is 18.1 Å². The zero-order valence-electron chi connectivity index (χ0n) is 11.1. The first-order valence-corrected chi connectivity index (χ1v) is 8.75. The van der Waals surface area contributed by atoms with Gasteiger partial charge in [0.15, 0.2) is 0 Å². The van der Waals surface area contributed by atoms with Crippen molar-refractivity contribution in [3.63, 3.8) is 0 Å². The van der Waals surface area contributed by atoms with Crippen molar-refractivity contribution in [2.75, 3.05) is 13.1 Å². The Labute approximate surface area is 126 Å². The number of piperidine rings is 1. The molecule has 1 fully saturated rings. The summed E-state index contributed by atoms with van der Waals surface area (Å²) < 4.78 is 1.34. The molecule has 1 N–H and O–H groups in total. The number of hydrogen-bond donors (Lipinski definition) is 1. The van der Waals surface area contributed by atoms with Gasteiger partial charge in [-0.15, -0.1) is 22.7 Å². The van der Waals surface area contributed by atoms with Crippen molar-refractivity contribution in [3.05, 3.63) is 40.7 Å². The van der Waals surface area contributed by atoms with Gasteiger partial charge in [0.1, 0.15) is 0 Å². The lowest BCUT2D eigenvalue weighted by Crippen LogP contribution is -2.28. The van der Waals surface area contributed by atoms with Gasteiger partial charge in [-0.3, -0.25) is 0 Å². The summed E-state index contributed by atoms with van der Waals surface area (Å²) in [5, 5.41) is 8.31. The average Bonchev–Trinajstić information content (AvgIpc) is 3.14. The van der Waals surface area contributed by atoms with Crippen molar-refractivity contribution in [2.24, 2.45) is 0 Å². The molecule has 3 aromatic rings. The summed E-state index contributed by atoms with van der Waals surface area (Å²) in [6.07, 6.45) is 2.54. The fraction of sp³-hybridized carbons (Fsp3) is 0.312. The van der Waals surface area contributed by atoms with Gasteiger partial charge < -0.3 is 5.32 Å². The van der Waals surface area contributed by atoms with E-state index in [1.54, 1.807) is 0 Å². The Hall–Kier alpha value is -1.23. The van der Waals surface area contributed by atoms with Crippen molar-refractivity contribution in [3.8, 4) is 10.6 Å². The van der Waals surface area contributed by atoms with E-state index >= 15 is 0 Å². The Morgan fingerprint density at radius 1 is 1.25 bits per heavy atom. The minimum Gasteiger partial charge on any atom is -0.316 e. The number of thiophene rings is 1. The lowest BCUT2D eigenvalue weighted by molar-refractivity contribution is 0.460. The van der Waals surface area contributed by atoms with Gasteiger partial charge in [0, 0.05) is 22.5 Å². The van der Waals surface area contributed by atoms with Crippen LogP contribution in [0.1, 0.15) is 23.8 Å². The third-order valence-corrected chi connectivity index (χ3v) is 5.99. The van der Waals surface area contributed by atoms with Crippen molar-refractivity contribution in [1.82, 2.24) is 10.3 Å². The van der Waals surface area contributed by atoms with E-state index in [1.165, 1.54) is 32.8 Å². The van der Waals surface area contributed by atoms with Gasteiger partial charge >= 0.3 is 0 Å². The normalized spacial score (nSPS) is 19.5. The molecular formula is C16H16N2S2. The van der Waals surface area contributed by atoms with Gasteiger partial charge in [0.05, 0.1) is 15.6 Å². The van der Waals surface area contributed by atoms with Crippen molar-refractivity contribution in [1.29, 1.82) is 0 Å². The highest BCUT2D eigenvalue weighted by Crippen LogP contribution is 2.36. The second kappa shape index (κ2) is 5.28. The number of benzene rings is 1. The number of nitrogens with zero attached hydrogens (tertiary/aromatic N) is 1. The zero-order valence-corrected chi connectivity index (χ0v) is 12.8. The second-order valence-corrected chi connectivity index (χ2v) is 7.24. The largest absolute Gasteiger partial charge is 0.316 e. The van der Waals surface area contributed by atoms with Crippen LogP contribution in [0.3, 0.4) is 0 Å². The van der Waals surface area contributed by atoms with Gasteiger partial charge in [-0.1, -0.05) is 18.2 Å². The van der Waals surface area contributed by atoms with Gasteiger partial charge in [0.25, 0.3) is 0 Å². The topological polar surface area (TPSA) is 24.9 Å². The van der Waals surface area contributed by atoms with E-state index < -0.39 is 0 Å². The summed E-state index contributed by atoms with van der Waals surface area (Å²) in [4.78, 5) is 6.18. The maximum absolute atomic E-state index is 4.89. The van der Waals surface area contributed by atoms with Crippen LogP contribution in [0.4, 0.5) is 0 Å². The standard InChI is InChI=1S/C16H16N2S2/c1-2-6-14-11(4-1)8-15(20-14)13-10-19-16(18-13)12-5-3-7-17-9-12/h1-2,4,6,8,10,12,17H,3,5,7,9H2. The van der Waals surface area contributed by atoms with Crippen molar-refractivity contribution >= 4 is 32.8 Å². The van der Waals surface area contributed by atoms with Crippen LogP contribution in [0, 0.1) is 0 Å². The number of aromatic nitrogens is 1. The molecular weight excluding hydrogens is 284 g/mol. The summed E-state index contributed by atoms with van der Waals surface area (Å²) in [5.74, 6) is 0.608. The summed E-state index contributed by atoms with van der Waals surface area (Å²) in [6, 6.07) is 10.8. The molecule has 4 rings (SSSR count). The molecule has 1 saturated heterocycles. The Morgan fingerprint density at radius 2 is 2.20 bits per heavy atom. The van der Waals surface area contributed by atoms with Gasteiger partial charge in [-0.2, -0.15) is 0 Å². The molecule has 1 atom stereocenters. The molecule has 2 aromatic heterocycles. The average molecular weight is 300 g/mol. The van der Waals surface area contributed by atoms with Crippen LogP contribution in [0.15, 0.2) is 35.7 Å². The molecule has 3 heterocycles. The van der Waals surface area contributed by atoms with Crippen molar-refractivity contribution < 1.29 is 0 Å². The van der Waals surface area contributed by atoms with E-state index in [0.29, 0.717) is 5.92 Å². The highest BCUT2D eigenvalue weighted by molar-refractivity contribution is 7.22. The molecule has 4 heteroatoms. The highest BCUT2D eigenvalue weighted by Gasteiger charge is 2.19. The Balaban J connectivity index is 1.66. The molecule has 0 spiro atoms. The Bertz CT molecular complexity index is 690. The van der Waals surface area contributed by atoms with Crippen molar-refractivity contribution in [2.45, 2.75) is 18.8 Å². The monoisotopic (exact) mass is 300 g/mol. The number of rotatable bonds is 2. The summed E-state index contributed by atoms with van der Waals surface area (Å²) in [6.45, 7) is 2.24. The van der Waals surface area contributed by atoms with E-state index in [2.05, 4.69) is 41.0 Å². The van der Waals surface area contributed by atoms with Crippen LogP contribution >= 0.6 is 22.7 Å². The molecule has 1 aliphatic heterocycles. The predicted molar refractivity (Wildman–Crippen MR) is 87.8 cm³/mol. The lowest BCUT2D eigenvalue weighted by atomic mass is 10.0. The molecule has 0 radical (unpaired) electrons. The summed E-state index contributed by atoms with van der Waals surface area (Å²) in [5.41, 5.74) is 1.15. The number of hydrogen-bond acceptors (Lipinski definition) is 4. The molecule has 0 saturated carbocycles. The van der Waals surface area contributed by atoms with Crippen LogP contribution in [0.25, 0.3) is 20.7 Å². The van der Waals surface area contributed by atoms with Crippen LogP contribution in [-0.2, 0) is 0 Å². The Kier molecular flexibility index (Phi) is 3.30. The van der Waals surface area contributed by atoms with Gasteiger partial charge in [-0.25, -0.2) is 4.98 Å². The van der Waals surface area contributed by atoms with E-state index in [-0.39, 0.29) is 0 Å². The molecule has 102 valence electrons. The van der Waals surface area contributed by atoms with Gasteiger partial charge in [-0.05, 0) is 36.9 Å². The first kappa shape index (κ1) is 12.5. The van der Waals surface area contributed by atoms with Crippen LogP contribution in [0.2, 0.25) is 0 Å². The maximum Gasteiger partial charge on any atom is 0.0976 e. The van der Waals surface area contributed by atoms with Crippen LogP contribution in [0.5, 0.6) is 0 Å². The smallest absolute Gasteiger partial charge is 0.0976 e. The van der Waals surface area contributed by atoms with E-state index in [1.807, 2.05) is 22.7 Å². The third kappa shape index (κ3) is 2.28. The number of nitrogens with one attached hydrogen (secondary N) is 1. The molecule has 1 aliphatic rings. The number of fused-ring (bicyclic) bond motifs is 1. The first-order valence-electron chi connectivity index (χ1n) is 7.05. The minimum absolute atomic E-state index is 0.608. The Morgan fingerprint density at radius 3 is 3.05 bits per heavy atom.